The molecule has 98 valence electrons. The van der Waals surface area contributed by atoms with E-state index in [-0.39, 0.29) is 31.2 Å². The second-order valence-electron chi connectivity index (χ2n) is 4.34. The molecule has 1 aliphatic rings. The summed E-state index contributed by atoms with van der Waals surface area (Å²) in [6.07, 6.45) is -4.42. The van der Waals surface area contributed by atoms with Crippen LogP contribution >= 0.6 is 0 Å². The summed E-state index contributed by atoms with van der Waals surface area (Å²) in [4.78, 5) is 12.0. The molecule has 1 fully saturated rings. The fraction of sp³-hybridized carbons (Fsp3) is 0.417. The third-order valence-electron chi connectivity index (χ3n) is 3.02. The zero-order valence-electron chi connectivity index (χ0n) is 9.33. The summed E-state index contributed by atoms with van der Waals surface area (Å²) < 4.78 is 41.9. The predicted octanol–water partition coefficient (Wildman–Crippen LogP) is 1.90. The third kappa shape index (κ3) is 2.13. The molecule has 0 atom stereocenters. The van der Waals surface area contributed by atoms with E-state index in [1.807, 2.05) is 0 Å². The largest absolute Gasteiger partial charge is 0.416 e. The van der Waals surface area contributed by atoms with Crippen molar-refractivity contribution < 1.29 is 27.8 Å². The van der Waals surface area contributed by atoms with Gasteiger partial charge in [0.2, 0.25) is 0 Å². The van der Waals surface area contributed by atoms with Gasteiger partial charge in [-0.15, -0.1) is 0 Å². The van der Waals surface area contributed by atoms with Crippen molar-refractivity contribution in [3.63, 3.8) is 0 Å². The van der Waals surface area contributed by atoms with E-state index in [1.165, 1.54) is 0 Å². The van der Waals surface area contributed by atoms with Crippen LogP contribution in [0.15, 0.2) is 24.3 Å². The molecular weight excluding hydrogens is 249 g/mol. The number of carbonyl (C=O) groups is 1. The highest BCUT2D eigenvalue weighted by Crippen LogP contribution is 2.33. The van der Waals surface area contributed by atoms with Crippen molar-refractivity contribution in [3.05, 3.63) is 35.4 Å². The van der Waals surface area contributed by atoms with Gasteiger partial charge in [0.15, 0.2) is 5.78 Å². The Labute approximate surface area is 101 Å². The van der Waals surface area contributed by atoms with Crippen molar-refractivity contribution in [2.24, 2.45) is 5.41 Å². The first-order valence-electron chi connectivity index (χ1n) is 5.30. The van der Waals surface area contributed by atoms with Gasteiger partial charge in [-0.1, -0.05) is 12.1 Å². The molecule has 1 aromatic carbocycles. The molecule has 6 heteroatoms. The smallest absolute Gasteiger partial charge is 0.395 e. The quantitative estimate of drug-likeness (QED) is 0.844. The van der Waals surface area contributed by atoms with Gasteiger partial charge in [0.1, 0.15) is 5.41 Å². The van der Waals surface area contributed by atoms with Crippen molar-refractivity contribution in [2.75, 3.05) is 19.8 Å². The molecular formula is C12H11F3O3. The molecule has 3 nitrogen and oxygen atoms in total. The predicted molar refractivity (Wildman–Crippen MR) is 56.1 cm³/mol. The highest BCUT2D eigenvalue weighted by molar-refractivity contribution is 6.01. The molecule has 0 radical (unpaired) electrons. The average Bonchev–Trinajstić information content (AvgIpc) is 2.27. The van der Waals surface area contributed by atoms with E-state index in [2.05, 4.69) is 0 Å². The zero-order chi connectivity index (χ0) is 13.4. The number of ether oxygens (including phenoxy) is 1. The maximum Gasteiger partial charge on any atom is 0.416 e. The van der Waals surface area contributed by atoms with Crippen LogP contribution in [0.3, 0.4) is 0 Å². The van der Waals surface area contributed by atoms with Crippen LogP contribution in [0.25, 0.3) is 0 Å². The Hall–Kier alpha value is -1.40. The van der Waals surface area contributed by atoms with Crippen LogP contribution in [0, 0.1) is 5.41 Å². The van der Waals surface area contributed by atoms with Gasteiger partial charge in [0.25, 0.3) is 0 Å². The van der Waals surface area contributed by atoms with Gasteiger partial charge in [-0.05, 0) is 12.1 Å². The summed E-state index contributed by atoms with van der Waals surface area (Å²) in [6, 6.07) is 3.97. The van der Waals surface area contributed by atoms with Crippen LogP contribution in [0.2, 0.25) is 0 Å². The molecule has 1 aromatic rings. The van der Waals surface area contributed by atoms with Crippen molar-refractivity contribution >= 4 is 5.78 Å². The summed E-state index contributed by atoms with van der Waals surface area (Å²) in [5.41, 5.74) is -1.64. The van der Waals surface area contributed by atoms with E-state index < -0.39 is 17.2 Å². The van der Waals surface area contributed by atoms with E-state index in [0.717, 1.165) is 24.3 Å². The van der Waals surface area contributed by atoms with Crippen LogP contribution in [0.5, 0.6) is 0 Å². The van der Waals surface area contributed by atoms with E-state index in [9.17, 15) is 23.1 Å². The summed E-state index contributed by atoms with van der Waals surface area (Å²) in [5.74, 6) is -0.384. The second-order valence-corrected chi connectivity index (χ2v) is 4.34. The molecule has 0 aromatic heterocycles. The van der Waals surface area contributed by atoms with E-state index in [1.54, 1.807) is 0 Å². The Morgan fingerprint density at radius 1 is 1.28 bits per heavy atom. The molecule has 0 aliphatic carbocycles. The first-order valence-corrected chi connectivity index (χ1v) is 5.30. The number of alkyl halides is 3. The Kier molecular flexibility index (Phi) is 3.16. The van der Waals surface area contributed by atoms with Crippen LogP contribution in [-0.4, -0.2) is 30.7 Å². The topological polar surface area (TPSA) is 46.5 Å². The van der Waals surface area contributed by atoms with E-state index in [4.69, 9.17) is 4.74 Å². The number of benzene rings is 1. The standard InChI is InChI=1S/C12H11F3O3/c13-12(14,15)9-3-1-8(2-4-9)10(17)11(5-16)6-18-7-11/h1-4,16H,5-7H2. The third-order valence-corrected chi connectivity index (χ3v) is 3.02. The fourth-order valence-corrected chi connectivity index (χ4v) is 1.76. The van der Waals surface area contributed by atoms with Gasteiger partial charge >= 0.3 is 6.18 Å². The van der Waals surface area contributed by atoms with Crippen molar-refractivity contribution in [1.29, 1.82) is 0 Å². The molecule has 0 amide bonds. The number of Topliss-reactive ketones (excluding diaryl/α,β-unsaturated/α-hetero) is 1. The number of aliphatic hydroxyl groups is 1. The lowest BCUT2D eigenvalue weighted by Crippen LogP contribution is -2.51. The highest BCUT2D eigenvalue weighted by atomic mass is 19.4. The maximum absolute atomic E-state index is 12.4. The number of ketones is 1. The maximum atomic E-state index is 12.4. The first kappa shape index (κ1) is 13.0. The molecule has 1 aliphatic heterocycles. The molecule has 1 heterocycles. The van der Waals surface area contributed by atoms with Gasteiger partial charge < -0.3 is 9.84 Å². The highest BCUT2D eigenvalue weighted by Gasteiger charge is 2.45. The molecule has 0 spiro atoms. The Morgan fingerprint density at radius 3 is 2.17 bits per heavy atom. The number of carbonyl (C=O) groups excluding carboxylic acids is 1. The molecule has 0 saturated carbocycles. The van der Waals surface area contributed by atoms with Crippen molar-refractivity contribution in [2.45, 2.75) is 6.18 Å². The lowest BCUT2D eigenvalue weighted by molar-refractivity contribution is -0.137. The summed E-state index contributed by atoms with van der Waals surface area (Å²) in [7, 11) is 0. The van der Waals surface area contributed by atoms with E-state index >= 15 is 0 Å². The molecule has 1 saturated heterocycles. The number of aliphatic hydroxyl groups excluding tert-OH is 1. The monoisotopic (exact) mass is 260 g/mol. The summed E-state index contributed by atoms with van der Waals surface area (Å²) >= 11 is 0. The first-order chi connectivity index (χ1) is 8.39. The number of halogens is 3. The van der Waals surface area contributed by atoms with Crippen molar-refractivity contribution in [1.82, 2.24) is 0 Å². The molecule has 0 unspecified atom stereocenters. The molecule has 18 heavy (non-hydrogen) atoms. The number of hydrogen-bond acceptors (Lipinski definition) is 3. The molecule has 2 rings (SSSR count). The Morgan fingerprint density at radius 2 is 1.83 bits per heavy atom. The van der Waals surface area contributed by atoms with Gasteiger partial charge in [-0.3, -0.25) is 4.79 Å². The normalized spacial score (nSPS) is 18.2. The number of hydrogen-bond donors (Lipinski definition) is 1. The van der Waals surface area contributed by atoms with Crippen molar-refractivity contribution in [3.8, 4) is 0 Å². The fourth-order valence-electron chi connectivity index (χ4n) is 1.76. The Balaban J connectivity index is 2.22. The Bertz CT molecular complexity index is 441. The van der Waals surface area contributed by atoms with Crippen LogP contribution < -0.4 is 0 Å². The van der Waals surface area contributed by atoms with Crippen LogP contribution in [-0.2, 0) is 10.9 Å². The van der Waals surface area contributed by atoms with Crippen LogP contribution in [0.4, 0.5) is 13.2 Å². The zero-order valence-corrected chi connectivity index (χ0v) is 9.33. The minimum absolute atomic E-state index is 0.101. The lowest BCUT2D eigenvalue weighted by Gasteiger charge is -2.38. The van der Waals surface area contributed by atoms with Crippen LogP contribution in [0.1, 0.15) is 15.9 Å². The van der Waals surface area contributed by atoms with E-state index in [0.29, 0.717) is 0 Å². The minimum atomic E-state index is -4.42. The summed E-state index contributed by atoms with van der Waals surface area (Å²) in [6.45, 7) is -0.167. The van der Waals surface area contributed by atoms with Gasteiger partial charge in [-0.25, -0.2) is 0 Å². The lowest BCUT2D eigenvalue weighted by atomic mass is 9.79. The minimum Gasteiger partial charge on any atom is -0.395 e. The van der Waals surface area contributed by atoms with Gasteiger partial charge in [0, 0.05) is 5.56 Å². The number of rotatable bonds is 3. The molecule has 1 N–H and O–H groups in total. The SMILES string of the molecule is O=C(c1ccc(C(F)(F)F)cc1)C1(CO)COC1. The molecule has 0 bridgehead atoms. The second kappa shape index (κ2) is 4.37. The van der Waals surface area contributed by atoms with Gasteiger partial charge in [-0.2, -0.15) is 13.2 Å². The summed E-state index contributed by atoms with van der Waals surface area (Å²) in [5, 5.41) is 9.17. The average molecular weight is 260 g/mol. The van der Waals surface area contributed by atoms with Gasteiger partial charge in [0.05, 0.1) is 25.4 Å².